The van der Waals surface area contributed by atoms with E-state index in [1.165, 1.54) is 24.8 Å². The minimum atomic E-state index is -0.710. The van der Waals surface area contributed by atoms with Crippen LogP contribution in [0.4, 0.5) is 0 Å². The Balaban J connectivity index is 1.59. The number of allylic oxidation sites excluding steroid dienone is 1. The van der Waals surface area contributed by atoms with Crippen LogP contribution in [-0.4, -0.2) is 27.8 Å². The molecule has 3 saturated carbocycles. The van der Waals surface area contributed by atoms with Gasteiger partial charge in [-0.05, 0) is 92.3 Å². The summed E-state index contributed by atoms with van der Waals surface area (Å²) in [5.41, 5.74) is 8.81. The summed E-state index contributed by atoms with van der Waals surface area (Å²) in [5, 5.41) is 19.3. The largest absolute Gasteiger partial charge is 0.481 e. The number of fused-ring (bicyclic) bond motifs is 5. The zero-order valence-electron chi connectivity index (χ0n) is 17.9. The Morgan fingerprint density at radius 2 is 1.89 bits per heavy atom. The fraction of sp³-hybridized carbons (Fsp3) is 0.875. The van der Waals surface area contributed by atoms with E-state index in [-0.39, 0.29) is 34.8 Å². The molecule has 4 heteroatoms. The van der Waals surface area contributed by atoms with Gasteiger partial charge in [-0.15, -0.1) is 0 Å². The van der Waals surface area contributed by atoms with Crippen molar-refractivity contribution in [3.8, 4) is 0 Å². The van der Waals surface area contributed by atoms with Crippen molar-refractivity contribution >= 4 is 5.97 Å². The van der Waals surface area contributed by atoms with E-state index in [9.17, 15) is 9.90 Å². The van der Waals surface area contributed by atoms with Gasteiger partial charge in [-0.2, -0.15) is 0 Å². The summed E-state index contributed by atoms with van der Waals surface area (Å²) >= 11 is 0. The average Bonchev–Trinajstić information content (AvgIpc) is 2.92. The lowest BCUT2D eigenvalue weighted by Gasteiger charge is -2.60. The predicted molar refractivity (Wildman–Crippen MR) is 111 cm³/mol. The molecule has 158 valence electrons. The van der Waals surface area contributed by atoms with E-state index in [0.717, 1.165) is 43.9 Å². The zero-order valence-corrected chi connectivity index (χ0v) is 17.9. The number of hydrogen-bond donors (Lipinski definition) is 3. The lowest BCUT2D eigenvalue weighted by atomic mass is 9.45. The van der Waals surface area contributed by atoms with Gasteiger partial charge in [0, 0.05) is 12.0 Å². The molecule has 0 bridgehead atoms. The summed E-state index contributed by atoms with van der Waals surface area (Å²) in [6.07, 6.45) is 11.9. The van der Waals surface area contributed by atoms with Crippen molar-refractivity contribution in [3.05, 3.63) is 11.6 Å². The first-order valence-corrected chi connectivity index (χ1v) is 11.5. The first kappa shape index (κ1) is 20.4. The van der Waals surface area contributed by atoms with Crippen molar-refractivity contribution in [2.24, 2.45) is 40.2 Å². The number of aliphatic carboxylic acids is 1. The second kappa shape index (κ2) is 6.84. The molecule has 8 atom stereocenters. The van der Waals surface area contributed by atoms with Gasteiger partial charge < -0.3 is 15.9 Å². The number of carboxylic acid groups (broad SMARTS) is 1. The molecule has 4 nitrogen and oxygen atoms in total. The first-order chi connectivity index (χ1) is 13.1. The van der Waals surface area contributed by atoms with Crippen molar-refractivity contribution in [1.82, 2.24) is 0 Å². The monoisotopic (exact) mass is 389 g/mol. The number of hydrogen-bond acceptors (Lipinski definition) is 3. The van der Waals surface area contributed by atoms with E-state index >= 15 is 0 Å². The maximum absolute atomic E-state index is 11.1. The molecular formula is C24H39NO3. The van der Waals surface area contributed by atoms with Gasteiger partial charge >= 0.3 is 5.97 Å². The van der Waals surface area contributed by atoms with E-state index in [4.69, 9.17) is 10.8 Å². The van der Waals surface area contributed by atoms with Gasteiger partial charge in [0.15, 0.2) is 0 Å². The Bertz CT molecular complexity index is 675. The lowest BCUT2D eigenvalue weighted by Crippen LogP contribution is -2.61. The minimum absolute atomic E-state index is 0.123. The molecule has 0 aliphatic heterocycles. The molecular weight excluding hydrogens is 350 g/mol. The first-order valence-electron chi connectivity index (χ1n) is 11.5. The molecule has 0 radical (unpaired) electrons. The molecule has 3 fully saturated rings. The summed E-state index contributed by atoms with van der Waals surface area (Å²) in [6.45, 7) is 7.08. The highest BCUT2D eigenvalue weighted by Gasteiger charge is 2.64. The van der Waals surface area contributed by atoms with Crippen molar-refractivity contribution < 1.29 is 15.0 Å². The third kappa shape index (κ3) is 2.81. The third-order valence-electron chi connectivity index (χ3n) is 10.1. The number of carbonyl (C=O) groups is 1. The standard InChI is InChI=1S/C24H39NO3/c1-15(4-7-21(27)28)24(25)13-10-20-18-6-5-16-14-17(26)8-11-22(16,2)19(18)9-12-23(20,24)3/h14-15,17-20,26H,4-13,25H2,1-3H3,(H,27,28)/t15-,17?,18?,19?,20?,22+,23+,24+/m1/s1. The van der Waals surface area contributed by atoms with Crippen LogP contribution in [0.3, 0.4) is 0 Å². The van der Waals surface area contributed by atoms with Crippen LogP contribution in [0.2, 0.25) is 0 Å². The number of nitrogens with two attached hydrogens (primary N) is 1. The molecule has 4 aliphatic rings. The van der Waals surface area contributed by atoms with E-state index in [2.05, 4.69) is 26.8 Å². The molecule has 0 saturated heterocycles. The quantitative estimate of drug-likeness (QED) is 0.618. The topological polar surface area (TPSA) is 83.5 Å². The molecule has 0 aromatic carbocycles. The molecule has 0 amide bonds. The maximum Gasteiger partial charge on any atom is 0.303 e. The summed E-state index contributed by atoms with van der Waals surface area (Å²) < 4.78 is 0. The van der Waals surface area contributed by atoms with Gasteiger partial charge in [0.1, 0.15) is 0 Å². The Morgan fingerprint density at radius 1 is 1.18 bits per heavy atom. The van der Waals surface area contributed by atoms with Crippen LogP contribution < -0.4 is 5.73 Å². The Kier molecular flexibility index (Phi) is 4.98. The number of carboxylic acids is 1. The molecule has 0 aromatic rings. The second-order valence-corrected chi connectivity index (χ2v) is 11.0. The maximum atomic E-state index is 11.1. The third-order valence-corrected chi connectivity index (χ3v) is 10.1. The van der Waals surface area contributed by atoms with E-state index in [1.54, 1.807) is 0 Å². The van der Waals surface area contributed by atoms with Gasteiger partial charge in [0.2, 0.25) is 0 Å². The van der Waals surface area contributed by atoms with Crippen LogP contribution in [0.15, 0.2) is 11.6 Å². The zero-order chi connectivity index (χ0) is 20.3. The molecule has 4 aliphatic carbocycles. The number of aliphatic hydroxyl groups excluding tert-OH is 1. The summed E-state index contributed by atoms with van der Waals surface area (Å²) in [4.78, 5) is 11.1. The minimum Gasteiger partial charge on any atom is -0.481 e. The molecule has 0 aromatic heterocycles. The van der Waals surface area contributed by atoms with E-state index < -0.39 is 5.97 Å². The van der Waals surface area contributed by atoms with Crippen LogP contribution in [0, 0.1) is 34.5 Å². The van der Waals surface area contributed by atoms with Crippen LogP contribution in [0.25, 0.3) is 0 Å². The van der Waals surface area contributed by atoms with E-state index in [1.807, 2.05) is 0 Å². The lowest BCUT2D eigenvalue weighted by molar-refractivity contribution is -0.137. The molecule has 28 heavy (non-hydrogen) atoms. The van der Waals surface area contributed by atoms with Gasteiger partial charge in [0.05, 0.1) is 6.10 Å². The summed E-state index contributed by atoms with van der Waals surface area (Å²) in [5.74, 6) is 1.64. The van der Waals surface area contributed by atoms with Gasteiger partial charge in [-0.25, -0.2) is 0 Å². The van der Waals surface area contributed by atoms with Crippen molar-refractivity contribution in [2.45, 2.75) is 96.6 Å². The van der Waals surface area contributed by atoms with Crippen LogP contribution in [0.5, 0.6) is 0 Å². The Morgan fingerprint density at radius 3 is 2.61 bits per heavy atom. The highest BCUT2D eigenvalue weighted by atomic mass is 16.4. The van der Waals surface area contributed by atoms with Gasteiger partial charge in [-0.1, -0.05) is 32.4 Å². The molecule has 0 spiro atoms. The summed E-state index contributed by atoms with van der Waals surface area (Å²) in [6, 6.07) is 0. The smallest absolute Gasteiger partial charge is 0.303 e. The Labute approximate surface area is 170 Å². The van der Waals surface area contributed by atoms with Crippen molar-refractivity contribution in [1.29, 1.82) is 0 Å². The fourth-order valence-corrected chi connectivity index (χ4v) is 8.23. The number of aliphatic hydroxyl groups is 1. The van der Waals surface area contributed by atoms with Crippen LogP contribution in [-0.2, 0) is 4.79 Å². The van der Waals surface area contributed by atoms with E-state index in [0.29, 0.717) is 12.3 Å². The van der Waals surface area contributed by atoms with Crippen molar-refractivity contribution in [3.63, 3.8) is 0 Å². The fourth-order valence-electron chi connectivity index (χ4n) is 8.23. The van der Waals surface area contributed by atoms with Gasteiger partial charge in [-0.3, -0.25) is 4.79 Å². The normalized spacial score (nSPS) is 48.8. The Hall–Kier alpha value is -0.870. The second-order valence-electron chi connectivity index (χ2n) is 11.0. The molecule has 0 heterocycles. The highest BCUT2D eigenvalue weighted by Crippen LogP contribution is 2.68. The predicted octanol–water partition coefficient (Wildman–Crippen LogP) is 4.51. The van der Waals surface area contributed by atoms with Crippen LogP contribution >= 0.6 is 0 Å². The summed E-state index contributed by atoms with van der Waals surface area (Å²) in [7, 11) is 0. The van der Waals surface area contributed by atoms with Crippen molar-refractivity contribution in [2.75, 3.05) is 0 Å². The van der Waals surface area contributed by atoms with Crippen LogP contribution in [0.1, 0.15) is 85.0 Å². The SMILES string of the molecule is C[C@H](CCC(=O)O)[C@@]1(N)CCC2C3CCC4=CC(O)CC[C@]4(C)C3CC[C@@]21C. The molecule has 4 unspecified atom stereocenters. The average molecular weight is 390 g/mol. The molecule has 4 rings (SSSR count). The highest BCUT2D eigenvalue weighted by molar-refractivity contribution is 5.66. The number of rotatable bonds is 4. The van der Waals surface area contributed by atoms with Gasteiger partial charge in [0.25, 0.3) is 0 Å². The molecule has 4 N–H and O–H groups in total.